The summed E-state index contributed by atoms with van der Waals surface area (Å²) in [6, 6.07) is 0. The first-order valence-electron chi connectivity index (χ1n) is 9.54. The zero-order valence-corrected chi connectivity index (χ0v) is 15.4. The fourth-order valence-corrected chi connectivity index (χ4v) is 4.99. The minimum absolute atomic E-state index is 0.0862. The Balaban J connectivity index is 1.93. The van der Waals surface area contributed by atoms with Crippen molar-refractivity contribution in [3.05, 3.63) is 11.1 Å². The van der Waals surface area contributed by atoms with E-state index in [9.17, 15) is 14.4 Å². The van der Waals surface area contributed by atoms with Crippen LogP contribution in [0.15, 0.2) is 11.1 Å². The van der Waals surface area contributed by atoms with Crippen LogP contribution in [0, 0.1) is 11.3 Å². The van der Waals surface area contributed by atoms with Crippen LogP contribution in [0.5, 0.6) is 0 Å². The SMILES string of the molecule is CCCCCCC1=C2C(=O)C[C@H]3CC[C@H](OC(C)=O)[C@@H](OC1=O)[C@@]23C. The molecule has 2 aliphatic carbocycles. The van der Waals surface area contributed by atoms with Crippen molar-refractivity contribution >= 4 is 17.7 Å². The Kier molecular flexibility index (Phi) is 5.03. The normalized spacial score (nSPS) is 34.0. The maximum Gasteiger partial charge on any atom is 0.334 e. The molecule has 0 amide bonds. The quantitative estimate of drug-likeness (QED) is 0.543. The van der Waals surface area contributed by atoms with Gasteiger partial charge < -0.3 is 9.47 Å². The molecule has 0 aromatic carbocycles. The molecule has 1 aliphatic heterocycles. The lowest BCUT2D eigenvalue weighted by Gasteiger charge is -2.49. The highest BCUT2D eigenvalue weighted by molar-refractivity contribution is 6.08. The van der Waals surface area contributed by atoms with Gasteiger partial charge in [-0.1, -0.05) is 33.1 Å². The van der Waals surface area contributed by atoms with E-state index in [0.29, 0.717) is 30.4 Å². The van der Waals surface area contributed by atoms with Crippen LogP contribution in [0.25, 0.3) is 0 Å². The molecule has 5 nitrogen and oxygen atoms in total. The summed E-state index contributed by atoms with van der Waals surface area (Å²) in [5.41, 5.74) is 0.738. The molecule has 0 aromatic rings. The highest BCUT2D eigenvalue weighted by Gasteiger charge is 2.62. The summed E-state index contributed by atoms with van der Waals surface area (Å²) in [7, 11) is 0. The Morgan fingerprint density at radius 3 is 2.68 bits per heavy atom. The van der Waals surface area contributed by atoms with Gasteiger partial charge in [-0.25, -0.2) is 4.79 Å². The summed E-state index contributed by atoms with van der Waals surface area (Å²) in [5, 5.41) is 0. The number of ether oxygens (including phenoxy) is 2. The average molecular weight is 348 g/mol. The van der Waals surface area contributed by atoms with Crippen molar-refractivity contribution in [1.29, 1.82) is 0 Å². The Morgan fingerprint density at radius 1 is 1.24 bits per heavy atom. The number of hydrogen-bond donors (Lipinski definition) is 0. The fourth-order valence-electron chi connectivity index (χ4n) is 4.99. The molecule has 2 saturated carbocycles. The molecule has 5 heteroatoms. The minimum Gasteiger partial charge on any atom is -0.459 e. The van der Waals surface area contributed by atoms with Gasteiger partial charge in [-0.3, -0.25) is 9.59 Å². The van der Waals surface area contributed by atoms with Gasteiger partial charge in [0.05, 0.1) is 0 Å². The fraction of sp³-hybridized carbons (Fsp3) is 0.750. The predicted molar refractivity (Wildman–Crippen MR) is 91.7 cm³/mol. The molecule has 3 aliphatic rings. The molecule has 0 bridgehead atoms. The lowest BCUT2D eigenvalue weighted by atomic mass is 9.62. The lowest BCUT2D eigenvalue weighted by molar-refractivity contribution is -0.186. The number of ketones is 1. The summed E-state index contributed by atoms with van der Waals surface area (Å²) in [6.07, 6.45) is 5.75. The second kappa shape index (κ2) is 6.93. The second-order valence-corrected chi connectivity index (χ2v) is 7.82. The minimum atomic E-state index is -0.538. The highest BCUT2D eigenvalue weighted by atomic mass is 16.6. The van der Waals surface area contributed by atoms with Gasteiger partial charge in [0.2, 0.25) is 0 Å². The number of esters is 2. The van der Waals surface area contributed by atoms with Crippen molar-refractivity contribution in [2.45, 2.75) is 84.3 Å². The van der Waals surface area contributed by atoms with E-state index >= 15 is 0 Å². The van der Waals surface area contributed by atoms with Crippen LogP contribution in [0.3, 0.4) is 0 Å². The van der Waals surface area contributed by atoms with Gasteiger partial charge >= 0.3 is 11.9 Å². The predicted octanol–water partition coefficient (Wildman–Crippen LogP) is 3.50. The Morgan fingerprint density at radius 2 is 2.00 bits per heavy atom. The second-order valence-electron chi connectivity index (χ2n) is 7.82. The van der Waals surface area contributed by atoms with Crippen LogP contribution >= 0.6 is 0 Å². The molecule has 4 atom stereocenters. The van der Waals surface area contributed by atoms with E-state index in [0.717, 1.165) is 32.1 Å². The van der Waals surface area contributed by atoms with E-state index < -0.39 is 17.6 Å². The summed E-state index contributed by atoms with van der Waals surface area (Å²) < 4.78 is 11.2. The summed E-state index contributed by atoms with van der Waals surface area (Å²) in [4.78, 5) is 36.8. The van der Waals surface area contributed by atoms with Crippen molar-refractivity contribution in [2.75, 3.05) is 0 Å². The maximum absolute atomic E-state index is 12.8. The van der Waals surface area contributed by atoms with Crippen LogP contribution in [0.4, 0.5) is 0 Å². The van der Waals surface area contributed by atoms with E-state index in [4.69, 9.17) is 9.47 Å². The molecule has 3 rings (SSSR count). The average Bonchev–Trinajstić information content (AvgIpc) is 2.80. The molecule has 0 aromatic heterocycles. The van der Waals surface area contributed by atoms with Crippen molar-refractivity contribution in [1.82, 2.24) is 0 Å². The van der Waals surface area contributed by atoms with E-state index in [1.807, 2.05) is 6.92 Å². The Hall–Kier alpha value is -1.65. The van der Waals surface area contributed by atoms with Crippen LogP contribution in [0.2, 0.25) is 0 Å². The zero-order chi connectivity index (χ0) is 18.2. The molecule has 0 N–H and O–H groups in total. The standard InChI is InChI=1S/C20H28O5/c1-4-5-6-7-8-14-17-15(22)11-13-9-10-16(24-12(2)21)18(20(13,17)3)25-19(14)23/h13,16,18H,4-11H2,1-3H3/t13-,16+,18-,20-/m1/s1. The Bertz CT molecular complexity index is 620. The van der Waals surface area contributed by atoms with E-state index in [1.165, 1.54) is 6.92 Å². The molecule has 25 heavy (non-hydrogen) atoms. The molecule has 1 heterocycles. The van der Waals surface area contributed by atoms with E-state index in [1.54, 1.807) is 0 Å². The molecular weight excluding hydrogens is 320 g/mol. The van der Waals surface area contributed by atoms with Crippen molar-refractivity contribution < 1.29 is 23.9 Å². The molecule has 0 radical (unpaired) electrons. The van der Waals surface area contributed by atoms with E-state index in [2.05, 4.69) is 6.92 Å². The van der Waals surface area contributed by atoms with Crippen LogP contribution in [-0.4, -0.2) is 29.9 Å². The Labute approximate surface area is 149 Å². The van der Waals surface area contributed by atoms with Crippen LogP contribution < -0.4 is 0 Å². The smallest absolute Gasteiger partial charge is 0.334 e. The lowest BCUT2D eigenvalue weighted by Crippen LogP contribution is -2.55. The summed E-state index contributed by atoms with van der Waals surface area (Å²) in [6.45, 7) is 5.54. The van der Waals surface area contributed by atoms with Gasteiger partial charge in [-0.15, -0.1) is 0 Å². The third kappa shape index (κ3) is 3.02. The van der Waals surface area contributed by atoms with Crippen molar-refractivity contribution in [3.8, 4) is 0 Å². The molecule has 0 spiro atoms. The molecule has 0 saturated heterocycles. The number of carbonyl (C=O) groups is 3. The highest BCUT2D eigenvalue weighted by Crippen LogP contribution is 2.58. The molecular formula is C20H28O5. The maximum atomic E-state index is 12.8. The van der Waals surface area contributed by atoms with Crippen molar-refractivity contribution in [3.63, 3.8) is 0 Å². The zero-order valence-electron chi connectivity index (χ0n) is 15.4. The third-order valence-electron chi connectivity index (χ3n) is 6.21. The summed E-state index contributed by atoms with van der Waals surface area (Å²) in [5.74, 6) is -0.501. The number of hydrogen-bond acceptors (Lipinski definition) is 5. The summed E-state index contributed by atoms with van der Waals surface area (Å²) >= 11 is 0. The van der Waals surface area contributed by atoms with Crippen LogP contribution in [0.1, 0.15) is 72.1 Å². The van der Waals surface area contributed by atoms with Gasteiger partial charge in [-0.2, -0.15) is 0 Å². The first-order chi connectivity index (χ1) is 11.9. The van der Waals surface area contributed by atoms with Gasteiger partial charge in [0.25, 0.3) is 0 Å². The number of rotatable bonds is 6. The van der Waals surface area contributed by atoms with Gasteiger partial charge in [0.15, 0.2) is 5.78 Å². The van der Waals surface area contributed by atoms with Gasteiger partial charge in [0, 0.05) is 29.9 Å². The largest absolute Gasteiger partial charge is 0.459 e. The first kappa shape index (κ1) is 18.2. The number of carbonyl (C=O) groups excluding carboxylic acids is 3. The molecule has 0 unspecified atom stereocenters. The topological polar surface area (TPSA) is 69.7 Å². The monoisotopic (exact) mass is 348 g/mol. The van der Waals surface area contributed by atoms with E-state index in [-0.39, 0.29) is 23.6 Å². The van der Waals surface area contributed by atoms with Gasteiger partial charge in [0.1, 0.15) is 12.2 Å². The van der Waals surface area contributed by atoms with Crippen molar-refractivity contribution in [2.24, 2.45) is 11.3 Å². The number of unbranched alkanes of at least 4 members (excludes halogenated alkanes) is 3. The first-order valence-corrected chi connectivity index (χ1v) is 9.54. The van der Waals surface area contributed by atoms with Gasteiger partial charge in [-0.05, 0) is 31.6 Å². The molecule has 138 valence electrons. The number of Topliss-reactive ketones (excluding diaryl/α,β-unsaturated/α-hetero) is 1. The third-order valence-corrected chi connectivity index (χ3v) is 6.21. The van der Waals surface area contributed by atoms with Crippen LogP contribution in [-0.2, 0) is 23.9 Å². The molecule has 2 fully saturated rings.